The zero-order valence-corrected chi connectivity index (χ0v) is 16.1. The van der Waals surface area contributed by atoms with Gasteiger partial charge in [0.2, 0.25) is 0 Å². The second kappa shape index (κ2) is 7.38. The molecule has 0 unspecified atom stereocenters. The first-order valence-corrected chi connectivity index (χ1v) is 9.79. The number of hydrogen-bond acceptors (Lipinski definition) is 6. The molecule has 0 radical (unpaired) electrons. The SMILES string of the molecule is Nc1ncnc2c1c(-c1ccc(Oc3ccc(F)cc3)cc1)nn2[C@H]1CC[C@H](O)C1. The van der Waals surface area contributed by atoms with Crippen LogP contribution in [-0.2, 0) is 0 Å². The lowest BCUT2D eigenvalue weighted by Crippen LogP contribution is -2.09. The Morgan fingerprint density at radius 2 is 1.70 bits per heavy atom. The Kier molecular flexibility index (Phi) is 4.55. The number of nitrogen functional groups attached to an aromatic ring is 1. The Labute approximate surface area is 172 Å². The molecule has 30 heavy (non-hydrogen) atoms. The first-order valence-electron chi connectivity index (χ1n) is 9.79. The van der Waals surface area contributed by atoms with Crippen LogP contribution in [0.3, 0.4) is 0 Å². The van der Waals surface area contributed by atoms with Crippen molar-refractivity contribution < 1.29 is 14.2 Å². The number of aromatic nitrogens is 4. The predicted octanol–water partition coefficient (Wildman–Crippen LogP) is 4.09. The average molecular weight is 405 g/mol. The minimum atomic E-state index is -0.320. The van der Waals surface area contributed by atoms with Crippen LogP contribution < -0.4 is 10.5 Å². The zero-order valence-electron chi connectivity index (χ0n) is 16.1. The molecule has 2 heterocycles. The number of nitrogens with two attached hydrogens (primary N) is 1. The molecule has 1 aliphatic rings. The highest BCUT2D eigenvalue weighted by atomic mass is 19.1. The molecule has 2 aromatic carbocycles. The molecular formula is C22H20FN5O2. The summed E-state index contributed by atoms with van der Waals surface area (Å²) in [7, 11) is 0. The Balaban J connectivity index is 1.50. The molecule has 0 bridgehead atoms. The van der Waals surface area contributed by atoms with Crippen LogP contribution in [0.2, 0.25) is 0 Å². The van der Waals surface area contributed by atoms with Gasteiger partial charge >= 0.3 is 0 Å². The van der Waals surface area contributed by atoms with E-state index in [2.05, 4.69) is 9.97 Å². The quantitative estimate of drug-likeness (QED) is 0.530. The number of ether oxygens (including phenoxy) is 1. The van der Waals surface area contributed by atoms with Crippen molar-refractivity contribution in [2.75, 3.05) is 5.73 Å². The largest absolute Gasteiger partial charge is 0.457 e. The van der Waals surface area contributed by atoms with Gasteiger partial charge in [-0.25, -0.2) is 19.0 Å². The third-order valence-corrected chi connectivity index (χ3v) is 5.42. The van der Waals surface area contributed by atoms with Gasteiger partial charge < -0.3 is 15.6 Å². The minimum Gasteiger partial charge on any atom is -0.457 e. The number of rotatable bonds is 4. The van der Waals surface area contributed by atoms with Gasteiger partial charge in [0.1, 0.15) is 35.2 Å². The normalized spacial score (nSPS) is 18.7. The molecule has 4 aromatic rings. The number of benzene rings is 2. The lowest BCUT2D eigenvalue weighted by atomic mass is 10.1. The van der Waals surface area contributed by atoms with E-state index < -0.39 is 0 Å². The van der Waals surface area contributed by atoms with E-state index in [1.807, 2.05) is 28.9 Å². The first kappa shape index (κ1) is 18.5. The van der Waals surface area contributed by atoms with Gasteiger partial charge in [0.15, 0.2) is 5.65 Å². The Hall–Kier alpha value is -3.52. The number of halogens is 1. The zero-order chi connectivity index (χ0) is 20.7. The van der Waals surface area contributed by atoms with Crippen molar-refractivity contribution >= 4 is 16.9 Å². The van der Waals surface area contributed by atoms with E-state index in [1.165, 1.54) is 18.5 Å². The third-order valence-electron chi connectivity index (χ3n) is 5.42. The van der Waals surface area contributed by atoms with Crippen LogP contribution in [0.25, 0.3) is 22.3 Å². The molecule has 0 saturated heterocycles. The molecular weight excluding hydrogens is 385 g/mol. The highest BCUT2D eigenvalue weighted by Crippen LogP contribution is 2.37. The lowest BCUT2D eigenvalue weighted by molar-refractivity contribution is 0.177. The topological polar surface area (TPSA) is 99.1 Å². The van der Waals surface area contributed by atoms with Crippen LogP contribution in [0.1, 0.15) is 25.3 Å². The summed E-state index contributed by atoms with van der Waals surface area (Å²) in [5, 5.41) is 15.4. The van der Waals surface area contributed by atoms with Gasteiger partial charge in [0.05, 0.1) is 17.5 Å². The third kappa shape index (κ3) is 3.35. The van der Waals surface area contributed by atoms with Crippen LogP contribution >= 0.6 is 0 Å². The van der Waals surface area contributed by atoms with E-state index in [-0.39, 0.29) is 18.0 Å². The van der Waals surface area contributed by atoms with Crippen molar-refractivity contribution in [3.63, 3.8) is 0 Å². The summed E-state index contributed by atoms with van der Waals surface area (Å²) >= 11 is 0. The van der Waals surface area contributed by atoms with Crippen LogP contribution in [0.5, 0.6) is 11.5 Å². The van der Waals surface area contributed by atoms with E-state index in [4.69, 9.17) is 15.6 Å². The maximum absolute atomic E-state index is 13.1. The standard InChI is InChI=1S/C22H20FN5O2/c23-14-3-9-18(10-4-14)30-17-7-1-13(2-8-17)20-19-21(24)25-12-26-22(19)28(27-20)15-5-6-16(29)11-15/h1-4,7-10,12,15-16,29H,5-6,11H2,(H2,24,25,26)/t15-,16-/m0/s1. The van der Waals surface area contributed by atoms with Crippen LogP contribution in [0, 0.1) is 5.82 Å². The van der Waals surface area contributed by atoms with Crippen molar-refractivity contribution in [2.24, 2.45) is 0 Å². The number of nitrogens with zero attached hydrogens (tertiary/aromatic N) is 4. The van der Waals surface area contributed by atoms with Crippen LogP contribution in [0.15, 0.2) is 54.9 Å². The summed E-state index contributed by atoms with van der Waals surface area (Å²) in [4.78, 5) is 8.55. The predicted molar refractivity (Wildman–Crippen MR) is 111 cm³/mol. The number of aliphatic hydroxyl groups excluding tert-OH is 1. The second-order valence-electron chi connectivity index (χ2n) is 7.45. The lowest BCUT2D eigenvalue weighted by Gasteiger charge is -2.10. The number of aliphatic hydroxyl groups is 1. The van der Waals surface area contributed by atoms with Gasteiger partial charge in [-0.15, -0.1) is 0 Å². The van der Waals surface area contributed by atoms with Crippen molar-refractivity contribution in [1.29, 1.82) is 0 Å². The molecule has 3 N–H and O–H groups in total. The summed E-state index contributed by atoms with van der Waals surface area (Å²) in [5.74, 6) is 1.23. The molecule has 1 aliphatic carbocycles. The molecule has 8 heteroatoms. The second-order valence-corrected chi connectivity index (χ2v) is 7.45. The van der Waals surface area contributed by atoms with Crippen LogP contribution in [-0.4, -0.2) is 31.0 Å². The first-order chi connectivity index (χ1) is 14.6. The molecule has 152 valence electrons. The number of hydrogen-bond donors (Lipinski definition) is 2. The molecule has 5 rings (SSSR count). The Bertz CT molecular complexity index is 1190. The molecule has 0 spiro atoms. The molecule has 0 aliphatic heterocycles. The highest BCUT2D eigenvalue weighted by molar-refractivity contribution is 5.98. The molecule has 2 atom stereocenters. The number of fused-ring (bicyclic) bond motifs is 1. The maximum Gasteiger partial charge on any atom is 0.164 e. The molecule has 1 saturated carbocycles. The van der Waals surface area contributed by atoms with Gasteiger partial charge in [-0.2, -0.15) is 5.10 Å². The van der Waals surface area contributed by atoms with Gasteiger partial charge in [-0.1, -0.05) is 0 Å². The smallest absolute Gasteiger partial charge is 0.164 e. The van der Waals surface area contributed by atoms with Gasteiger partial charge in [-0.05, 0) is 67.8 Å². The monoisotopic (exact) mass is 405 g/mol. The van der Waals surface area contributed by atoms with Gasteiger partial charge in [0, 0.05) is 5.56 Å². The fourth-order valence-corrected chi connectivity index (χ4v) is 3.93. The van der Waals surface area contributed by atoms with Crippen LogP contribution in [0.4, 0.5) is 10.2 Å². The van der Waals surface area contributed by atoms with Gasteiger partial charge in [-0.3, -0.25) is 0 Å². The average Bonchev–Trinajstić information content (AvgIpc) is 3.35. The van der Waals surface area contributed by atoms with E-state index in [9.17, 15) is 9.50 Å². The number of anilines is 1. The summed E-state index contributed by atoms with van der Waals surface area (Å²) in [6, 6.07) is 13.4. The van der Waals surface area contributed by atoms with Gasteiger partial charge in [0.25, 0.3) is 0 Å². The van der Waals surface area contributed by atoms with E-state index in [0.717, 1.165) is 18.4 Å². The fraction of sp³-hybridized carbons (Fsp3) is 0.227. The fourth-order valence-electron chi connectivity index (χ4n) is 3.93. The molecule has 7 nitrogen and oxygen atoms in total. The van der Waals surface area contributed by atoms with Crippen molar-refractivity contribution in [3.8, 4) is 22.8 Å². The van der Waals surface area contributed by atoms with E-state index in [0.29, 0.717) is 40.5 Å². The molecule has 0 amide bonds. The summed E-state index contributed by atoms with van der Waals surface area (Å²) < 4.78 is 20.7. The van der Waals surface area contributed by atoms with Crippen molar-refractivity contribution in [2.45, 2.75) is 31.4 Å². The summed E-state index contributed by atoms with van der Waals surface area (Å²) in [5.41, 5.74) is 8.38. The van der Waals surface area contributed by atoms with Crippen molar-refractivity contribution in [1.82, 2.24) is 19.7 Å². The van der Waals surface area contributed by atoms with Crippen molar-refractivity contribution in [3.05, 3.63) is 60.7 Å². The minimum absolute atomic E-state index is 0.0756. The highest BCUT2D eigenvalue weighted by Gasteiger charge is 2.28. The van der Waals surface area contributed by atoms with E-state index >= 15 is 0 Å². The summed E-state index contributed by atoms with van der Waals surface area (Å²) in [6.07, 6.45) is 3.35. The maximum atomic E-state index is 13.1. The Morgan fingerprint density at radius 1 is 1.00 bits per heavy atom. The summed E-state index contributed by atoms with van der Waals surface area (Å²) in [6.45, 7) is 0. The molecule has 1 fully saturated rings. The Morgan fingerprint density at radius 3 is 2.37 bits per heavy atom. The molecule has 2 aromatic heterocycles. The van der Waals surface area contributed by atoms with E-state index in [1.54, 1.807) is 12.1 Å².